The van der Waals surface area contributed by atoms with Crippen LogP contribution in [0.4, 0.5) is 11.4 Å². The number of likely N-dealkylation sites (tertiary alicyclic amines) is 1. The first kappa shape index (κ1) is 20.8. The maximum absolute atomic E-state index is 13.1. The molecular weight excluding hydrogens is 398 g/mol. The lowest BCUT2D eigenvalue weighted by atomic mass is 10.0. The Kier molecular flexibility index (Phi) is 5.95. The van der Waals surface area contributed by atoms with Crippen LogP contribution in [-0.4, -0.2) is 53.2 Å². The summed E-state index contributed by atoms with van der Waals surface area (Å²) < 4.78 is 0. The van der Waals surface area contributed by atoms with Gasteiger partial charge in [0.05, 0.1) is 6.20 Å². The Balaban J connectivity index is 1.27. The topological polar surface area (TPSA) is 64.3 Å². The summed E-state index contributed by atoms with van der Waals surface area (Å²) in [6.07, 6.45) is 8.73. The Hall–Kier alpha value is -3.12. The van der Waals surface area contributed by atoms with Gasteiger partial charge in [0.2, 0.25) is 0 Å². The maximum Gasteiger partial charge on any atom is 0.255 e. The second-order valence-electron chi connectivity index (χ2n) is 9.04. The van der Waals surface area contributed by atoms with Crippen molar-refractivity contribution in [1.29, 1.82) is 0 Å². The Morgan fingerprint density at radius 3 is 2.59 bits per heavy atom. The highest BCUT2D eigenvalue weighted by Gasteiger charge is 2.26. The number of amides is 1. The molecule has 6 heteroatoms. The van der Waals surface area contributed by atoms with E-state index in [1.54, 1.807) is 6.20 Å². The monoisotopic (exact) mass is 429 g/mol. The van der Waals surface area contributed by atoms with Gasteiger partial charge < -0.3 is 15.1 Å². The third kappa shape index (κ3) is 4.55. The van der Waals surface area contributed by atoms with Crippen molar-refractivity contribution < 1.29 is 4.79 Å². The molecule has 2 saturated heterocycles. The number of carbonyl (C=O) groups is 1. The van der Waals surface area contributed by atoms with Crippen LogP contribution in [-0.2, 0) is 0 Å². The largest absolute Gasteiger partial charge is 0.371 e. The summed E-state index contributed by atoms with van der Waals surface area (Å²) >= 11 is 0. The van der Waals surface area contributed by atoms with Crippen LogP contribution in [0.15, 0.2) is 54.9 Å². The van der Waals surface area contributed by atoms with Crippen molar-refractivity contribution in [3.63, 3.8) is 0 Å². The highest BCUT2D eigenvalue weighted by molar-refractivity contribution is 6.05. The van der Waals surface area contributed by atoms with Gasteiger partial charge in [0.25, 0.3) is 5.91 Å². The van der Waals surface area contributed by atoms with Crippen molar-refractivity contribution in [3.8, 4) is 11.1 Å². The number of aryl methyl sites for hydroxylation is 1. The summed E-state index contributed by atoms with van der Waals surface area (Å²) in [7, 11) is 0. The molecule has 2 aliphatic rings. The molecule has 2 aromatic carbocycles. The van der Waals surface area contributed by atoms with Gasteiger partial charge in [-0.25, -0.2) is 0 Å². The van der Waals surface area contributed by atoms with Crippen molar-refractivity contribution in [1.82, 2.24) is 15.1 Å². The van der Waals surface area contributed by atoms with Gasteiger partial charge in [-0.3, -0.25) is 9.89 Å². The predicted octanol–water partition coefficient (Wildman–Crippen LogP) is 4.70. The molecule has 6 nitrogen and oxygen atoms in total. The van der Waals surface area contributed by atoms with Gasteiger partial charge >= 0.3 is 0 Å². The highest BCUT2D eigenvalue weighted by Crippen LogP contribution is 2.27. The number of rotatable bonds is 5. The maximum atomic E-state index is 13.1. The summed E-state index contributed by atoms with van der Waals surface area (Å²) in [5.41, 5.74) is 5.76. The zero-order chi connectivity index (χ0) is 21.9. The lowest BCUT2D eigenvalue weighted by Crippen LogP contribution is -2.43. The number of aromatic amines is 1. The molecule has 0 spiro atoms. The van der Waals surface area contributed by atoms with Crippen LogP contribution in [0.2, 0.25) is 0 Å². The third-order valence-corrected chi connectivity index (χ3v) is 6.76. The number of hydrogen-bond donors (Lipinski definition) is 2. The summed E-state index contributed by atoms with van der Waals surface area (Å²) in [4.78, 5) is 18.2. The summed E-state index contributed by atoms with van der Waals surface area (Å²) in [6.45, 7) is 6.70. The van der Waals surface area contributed by atoms with Gasteiger partial charge in [-0.2, -0.15) is 5.10 Å². The van der Waals surface area contributed by atoms with E-state index < -0.39 is 0 Å². The van der Waals surface area contributed by atoms with Gasteiger partial charge in [-0.05, 0) is 87.2 Å². The molecule has 1 aromatic heterocycles. The lowest BCUT2D eigenvalue weighted by Gasteiger charge is -2.38. The number of aromatic nitrogens is 2. The van der Waals surface area contributed by atoms with Gasteiger partial charge in [-0.15, -0.1) is 0 Å². The van der Waals surface area contributed by atoms with E-state index in [4.69, 9.17) is 0 Å². The number of anilines is 2. The van der Waals surface area contributed by atoms with Crippen LogP contribution >= 0.6 is 0 Å². The zero-order valence-corrected chi connectivity index (χ0v) is 18.7. The molecule has 0 unspecified atom stereocenters. The number of piperidine rings is 1. The minimum absolute atomic E-state index is 0.0775. The smallest absolute Gasteiger partial charge is 0.255 e. The Morgan fingerprint density at radius 1 is 1.03 bits per heavy atom. The molecule has 0 aliphatic carbocycles. The molecule has 2 fully saturated rings. The van der Waals surface area contributed by atoms with Crippen LogP contribution in [0, 0.1) is 6.92 Å². The SMILES string of the molecule is Cc1cc(C(=O)Nc2cccc(-c3cn[nH]c3)c2)cc(N2CCC(N3CCCC3)CC2)c1. The Morgan fingerprint density at radius 2 is 1.84 bits per heavy atom. The van der Waals surface area contributed by atoms with Crippen molar-refractivity contribution in [2.45, 2.75) is 38.6 Å². The molecule has 1 amide bonds. The second-order valence-corrected chi connectivity index (χ2v) is 9.04. The molecule has 0 atom stereocenters. The molecule has 3 heterocycles. The Labute approximate surface area is 189 Å². The molecule has 5 rings (SSSR count). The molecule has 166 valence electrons. The van der Waals surface area contributed by atoms with Crippen LogP contribution < -0.4 is 10.2 Å². The number of hydrogen-bond acceptors (Lipinski definition) is 4. The quantitative estimate of drug-likeness (QED) is 0.617. The van der Waals surface area contributed by atoms with Gasteiger partial charge in [0, 0.05) is 47.8 Å². The van der Waals surface area contributed by atoms with Crippen molar-refractivity contribution in [2.24, 2.45) is 0 Å². The molecule has 0 bridgehead atoms. The minimum Gasteiger partial charge on any atom is -0.371 e. The van der Waals surface area contributed by atoms with Crippen molar-refractivity contribution >= 4 is 17.3 Å². The van der Waals surface area contributed by atoms with E-state index in [0.29, 0.717) is 5.56 Å². The average molecular weight is 430 g/mol. The summed E-state index contributed by atoms with van der Waals surface area (Å²) in [5.74, 6) is -0.0775. The third-order valence-electron chi connectivity index (χ3n) is 6.76. The van der Waals surface area contributed by atoms with Gasteiger partial charge in [-0.1, -0.05) is 12.1 Å². The van der Waals surface area contributed by atoms with Crippen molar-refractivity contribution in [3.05, 3.63) is 66.0 Å². The van der Waals surface area contributed by atoms with Crippen LogP contribution in [0.5, 0.6) is 0 Å². The van der Waals surface area contributed by atoms with E-state index in [1.165, 1.54) is 38.8 Å². The first-order valence-corrected chi connectivity index (χ1v) is 11.7. The molecule has 0 saturated carbocycles. The van der Waals surface area contributed by atoms with Gasteiger partial charge in [0.15, 0.2) is 0 Å². The number of nitrogens with one attached hydrogen (secondary N) is 2. The lowest BCUT2D eigenvalue weighted by molar-refractivity contribution is 0.102. The molecular formula is C26H31N5O. The first-order valence-electron chi connectivity index (χ1n) is 11.7. The molecule has 32 heavy (non-hydrogen) atoms. The fourth-order valence-corrected chi connectivity index (χ4v) is 5.06. The van der Waals surface area contributed by atoms with Gasteiger partial charge in [0.1, 0.15) is 0 Å². The molecule has 2 N–H and O–H groups in total. The Bertz CT molecular complexity index is 1060. The zero-order valence-electron chi connectivity index (χ0n) is 18.7. The van der Waals surface area contributed by atoms with E-state index in [0.717, 1.165) is 47.2 Å². The fourth-order valence-electron chi connectivity index (χ4n) is 5.06. The minimum atomic E-state index is -0.0775. The van der Waals surface area contributed by atoms with E-state index in [9.17, 15) is 4.79 Å². The highest BCUT2D eigenvalue weighted by atomic mass is 16.1. The van der Waals surface area contributed by atoms with Crippen LogP contribution in [0.3, 0.4) is 0 Å². The number of H-pyrrole nitrogens is 1. The van der Waals surface area contributed by atoms with E-state index >= 15 is 0 Å². The van der Waals surface area contributed by atoms with Crippen LogP contribution in [0.1, 0.15) is 41.6 Å². The average Bonchev–Trinajstić information content (AvgIpc) is 3.54. The molecule has 0 radical (unpaired) electrons. The van der Waals surface area contributed by atoms with E-state index in [2.05, 4.69) is 38.3 Å². The fraction of sp³-hybridized carbons (Fsp3) is 0.385. The number of nitrogens with zero attached hydrogens (tertiary/aromatic N) is 3. The van der Waals surface area contributed by atoms with E-state index in [1.807, 2.05) is 42.6 Å². The summed E-state index contributed by atoms with van der Waals surface area (Å²) in [6, 6.07) is 14.8. The number of benzene rings is 2. The van der Waals surface area contributed by atoms with E-state index in [-0.39, 0.29) is 5.91 Å². The molecule has 2 aliphatic heterocycles. The van der Waals surface area contributed by atoms with Crippen molar-refractivity contribution in [2.75, 3.05) is 36.4 Å². The summed E-state index contributed by atoms with van der Waals surface area (Å²) in [5, 5.41) is 9.91. The normalized spacial score (nSPS) is 17.6. The molecule has 3 aromatic rings. The first-order chi connectivity index (χ1) is 15.7. The standard InChI is InChI=1S/C26H31N5O/c1-19-13-21(26(32)29-23-6-4-5-20(15-23)22-17-27-28-18-22)16-25(14-19)31-11-7-24(8-12-31)30-9-2-3-10-30/h4-6,13-18,24H,2-3,7-12H2,1H3,(H,27,28)(H,29,32). The predicted molar refractivity (Wildman–Crippen MR) is 129 cm³/mol. The van der Waals surface area contributed by atoms with Crippen LogP contribution in [0.25, 0.3) is 11.1 Å². The second kappa shape index (κ2) is 9.17. The number of carbonyl (C=O) groups excluding carboxylic acids is 1.